The van der Waals surface area contributed by atoms with Crippen LogP contribution in [-0.2, 0) is 0 Å². The molecule has 0 radical (unpaired) electrons. The first-order valence-corrected chi connectivity index (χ1v) is 6.67. The van der Waals surface area contributed by atoms with E-state index in [1.54, 1.807) is 36.3 Å². The number of hydrogen-bond donors (Lipinski definition) is 0. The molecule has 1 heterocycles. The van der Waals surface area contributed by atoms with Gasteiger partial charge in [-0.15, -0.1) is 0 Å². The SMILES string of the molecule is Cc1cc(C(=O)N(C)[C@H](C)c2ccncn2)ccc1Cl. The van der Waals surface area contributed by atoms with Crippen LogP contribution in [0, 0.1) is 6.92 Å². The zero-order valence-electron chi connectivity index (χ0n) is 11.7. The lowest BCUT2D eigenvalue weighted by Crippen LogP contribution is -2.30. The van der Waals surface area contributed by atoms with Gasteiger partial charge in [-0.05, 0) is 43.7 Å². The summed E-state index contributed by atoms with van der Waals surface area (Å²) < 4.78 is 0. The molecule has 0 saturated heterocycles. The number of halogens is 1. The van der Waals surface area contributed by atoms with E-state index in [-0.39, 0.29) is 11.9 Å². The Bertz CT molecular complexity index is 616. The maximum atomic E-state index is 12.5. The van der Waals surface area contributed by atoms with E-state index in [2.05, 4.69) is 9.97 Å². The van der Waals surface area contributed by atoms with Crippen molar-refractivity contribution in [1.29, 1.82) is 0 Å². The van der Waals surface area contributed by atoms with Gasteiger partial charge >= 0.3 is 0 Å². The van der Waals surface area contributed by atoms with E-state index in [0.717, 1.165) is 11.3 Å². The van der Waals surface area contributed by atoms with Gasteiger partial charge < -0.3 is 4.90 Å². The quantitative estimate of drug-likeness (QED) is 0.871. The molecule has 2 aromatic rings. The lowest BCUT2D eigenvalue weighted by molar-refractivity contribution is 0.0739. The molecule has 20 heavy (non-hydrogen) atoms. The summed E-state index contributed by atoms with van der Waals surface area (Å²) in [5.74, 6) is -0.0594. The second kappa shape index (κ2) is 6.01. The molecule has 0 spiro atoms. The molecule has 1 amide bonds. The first-order chi connectivity index (χ1) is 9.50. The Morgan fingerprint density at radius 3 is 2.70 bits per heavy atom. The van der Waals surface area contributed by atoms with Crippen molar-refractivity contribution in [2.24, 2.45) is 0 Å². The third-order valence-electron chi connectivity index (χ3n) is 3.34. The van der Waals surface area contributed by atoms with Crippen molar-refractivity contribution in [2.45, 2.75) is 19.9 Å². The molecule has 0 fully saturated rings. The van der Waals surface area contributed by atoms with E-state index >= 15 is 0 Å². The number of nitrogens with zero attached hydrogens (tertiary/aromatic N) is 3. The molecule has 2 rings (SSSR count). The molecule has 0 unspecified atom stereocenters. The van der Waals surface area contributed by atoms with Crippen LogP contribution in [0.5, 0.6) is 0 Å². The summed E-state index contributed by atoms with van der Waals surface area (Å²) in [6.45, 7) is 3.82. The Balaban J connectivity index is 2.22. The van der Waals surface area contributed by atoms with Crippen LogP contribution in [0.15, 0.2) is 36.8 Å². The average molecular weight is 290 g/mol. The van der Waals surface area contributed by atoms with Crippen LogP contribution in [0.3, 0.4) is 0 Å². The van der Waals surface area contributed by atoms with Gasteiger partial charge in [-0.25, -0.2) is 9.97 Å². The largest absolute Gasteiger partial charge is 0.333 e. The van der Waals surface area contributed by atoms with Crippen LogP contribution in [0.1, 0.15) is 34.6 Å². The van der Waals surface area contributed by atoms with Crippen molar-refractivity contribution >= 4 is 17.5 Å². The molecule has 1 aromatic heterocycles. The van der Waals surface area contributed by atoms with Crippen molar-refractivity contribution in [3.8, 4) is 0 Å². The van der Waals surface area contributed by atoms with Gasteiger partial charge in [0.2, 0.25) is 0 Å². The standard InChI is InChI=1S/C15H16ClN3O/c1-10-8-12(4-5-13(10)16)15(20)19(3)11(2)14-6-7-17-9-18-14/h4-9,11H,1-3H3/t11-/m1/s1. The summed E-state index contributed by atoms with van der Waals surface area (Å²) in [7, 11) is 1.76. The lowest BCUT2D eigenvalue weighted by Gasteiger charge is -2.24. The lowest BCUT2D eigenvalue weighted by atomic mass is 10.1. The molecule has 0 aliphatic rings. The van der Waals surface area contributed by atoms with Gasteiger partial charge in [0.25, 0.3) is 5.91 Å². The smallest absolute Gasteiger partial charge is 0.254 e. The van der Waals surface area contributed by atoms with Gasteiger partial charge in [0.15, 0.2) is 0 Å². The second-order valence-electron chi connectivity index (χ2n) is 4.69. The van der Waals surface area contributed by atoms with Crippen LogP contribution in [0.25, 0.3) is 0 Å². The number of rotatable bonds is 3. The molecule has 5 heteroatoms. The Hall–Kier alpha value is -1.94. The van der Waals surface area contributed by atoms with Crippen LogP contribution < -0.4 is 0 Å². The van der Waals surface area contributed by atoms with Crippen LogP contribution in [0.2, 0.25) is 5.02 Å². The number of benzene rings is 1. The highest BCUT2D eigenvalue weighted by atomic mass is 35.5. The fraction of sp³-hybridized carbons (Fsp3) is 0.267. The van der Waals surface area contributed by atoms with Crippen molar-refractivity contribution in [3.63, 3.8) is 0 Å². The molecule has 1 aromatic carbocycles. The minimum Gasteiger partial charge on any atom is -0.333 e. The monoisotopic (exact) mass is 289 g/mol. The van der Waals surface area contributed by atoms with E-state index in [0.29, 0.717) is 10.6 Å². The Kier molecular flexibility index (Phi) is 4.35. The maximum absolute atomic E-state index is 12.5. The van der Waals surface area contributed by atoms with Gasteiger partial charge in [0.05, 0.1) is 11.7 Å². The summed E-state index contributed by atoms with van der Waals surface area (Å²) in [6, 6.07) is 6.96. The van der Waals surface area contributed by atoms with Crippen molar-refractivity contribution in [2.75, 3.05) is 7.05 Å². The van der Waals surface area contributed by atoms with E-state index in [1.807, 2.05) is 19.9 Å². The fourth-order valence-corrected chi connectivity index (χ4v) is 2.02. The van der Waals surface area contributed by atoms with Gasteiger partial charge in [0.1, 0.15) is 6.33 Å². The minimum absolute atomic E-state index is 0.0594. The number of carbonyl (C=O) groups excluding carboxylic acids is 1. The summed E-state index contributed by atoms with van der Waals surface area (Å²) in [4.78, 5) is 22.2. The van der Waals surface area contributed by atoms with Crippen molar-refractivity contribution in [1.82, 2.24) is 14.9 Å². The van der Waals surface area contributed by atoms with Crippen LogP contribution in [-0.4, -0.2) is 27.8 Å². The normalized spacial score (nSPS) is 12.0. The molecule has 0 saturated carbocycles. The maximum Gasteiger partial charge on any atom is 0.254 e. The first-order valence-electron chi connectivity index (χ1n) is 6.30. The van der Waals surface area contributed by atoms with E-state index in [4.69, 9.17) is 11.6 Å². The van der Waals surface area contributed by atoms with Gasteiger partial charge in [-0.2, -0.15) is 0 Å². The number of aryl methyl sites for hydroxylation is 1. The van der Waals surface area contributed by atoms with Crippen molar-refractivity contribution in [3.05, 3.63) is 58.6 Å². The van der Waals surface area contributed by atoms with Gasteiger partial charge in [-0.3, -0.25) is 4.79 Å². The summed E-state index contributed by atoms with van der Waals surface area (Å²) in [5.41, 5.74) is 2.32. The van der Waals surface area contributed by atoms with Crippen molar-refractivity contribution < 1.29 is 4.79 Å². The van der Waals surface area contributed by atoms with Gasteiger partial charge in [0, 0.05) is 23.8 Å². The Labute approximate surface area is 123 Å². The van der Waals surface area contributed by atoms with E-state index in [9.17, 15) is 4.79 Å². The third-order valence-corrected chi connectivity index (χ3v) is 3.76. The molecular formula is C15H16ClN3O. The predicted molar refractivity (Wildman–Crippen MR) is 78.7 cm³/mol. The highest BCUT2D eigenvalue weighted by Gasteiger charge is 2.20. The molecule has 0 N–H and O–H groups in total. The van der Waals surface area contributed by atoms with E-state index in [1.165, 1.54) is 6.33 Å². The molecule has 0 aliphatic heterocycles. The highest BCUT2D eigenvalue weighted by Crippen LogP contribution is 2.21. The predicted octanol–water partition coefficient (Wildman–Crippen LogP) is 3.27. The fourth-order valence-electron chi connectivity index (χ4n) is 1.90. The van der Waals surface area contributed by atoms with Crippen LogP contribution >= 0.6 is 11.6 Å². The average Bonchev–Trinajstić information content (AvgIpc) is 2.48. The molecule has 0 bridgehead atoms. The second-order valence-corrected chi connectivity index (χ2v) is 5.10. The summed E-state index contributed by atoms with van der Waals surface area (Å²) in [5, 5.41) is 0.660. The summed E-state index contributed by atoms with van der Waals surface area (Å²) in [6.07, 6.45) is 3.15. The van der Waals surface area contributed by atoms with Crippen LogP contribution in [0.4, 0.5) is 0 Å². The molecule has 104 valence electrons. The molecule has 1 atom stereocenters. The highest BCUT2D eigenvalue weighted by molar-refractivity contribution is 6.31. The first kappa shape index (κ1) is 14.5. The van der Waals surface area contributed by atoms with E-state index < -0.39 is 0 Å². The number of hydrogen-bond acceptors (Lipinski definition) is 3. The third kappa shape index (κ3) is 2.96. The molecular weight excluding hydrogens is 274 g/mol. The number of amides is 1. The molecule has 0 aliphatic carbocycles. The topological polar surface area (TPSA) is 46.1 Å². The number of aromatic nitrogens is 2. The number of carbonyl (C=O) groups is 1. The van der Waals surface area contributed by atoms with Gasteiger partial charge in [-0.1, -0.05) is 11.6 Å². The summed E-state index contributed by atoms with van der Waals surface area (Å²) >= 11 is 5.98. The minimum atomic E-state index is -0.124. The Morgan fingerprint density at radius 1 is 1.35 bits per heavy atom. The zero-order chi connectivity index (χ0) is 14.7. The zero-order valence-corrected chi connectivity index (χ0v) is 12.4. The Morgan fingerprint density at radius 2 is 2.10 bits per heavy atom. The molecule has 4 nitrogen and oxygen atoms in total.